The first-order valence-electron chi connectivity index (χ1n) is 18.6. The molecular formula is C38H51N5O9S. The second-order valence-corrected chi connectivity index (χ2v) is 18.1. The van der Waals surface area contributed by atoms with Gasteiger partial charge in [0.25, 0.3) is 5.91 Å². The van der Waals surface area contributed by atoms with E-state index in [0.29, 0.717) is 38.8 Å². The summed E-state index contributed by atoms with van der Waals surface area (Å²) >= 11 is 0. The van der Waals surface area contributed by atoms with Crippen LogP contribution in [0, 0.1) is 5.92 Å². The summed E-state index contributed by atoms with van der Waals surface area (Å²) in [5, 5.41) is 5.54. The third kappa shape index (κ3) is 8.39. The van der Waals surface area contributed by atoms with Gasteiger partial charge < -0.3 is 25.0 Å². The second-order valence-electron chi connectivity index (χ2n) is 16.0. The zero-order valence-electron chi connectivity index (χ0n) is 30.7. The lowest BCUT2D eigenvalue weighted by atomic mass is 10.0. The van der Waals surface area contributed by atoms with Crippen LogP contribution in [-0.4, -0.2) is 88.7 Å². The molecule has 5 aliphatic rings. The molecule has 0 spiro atoms. The van der Waals surface area contributed by atoms with Gasteiger partial charge in [-0.05, 0) is 76.8 Å². The molecule has 3 fully saturated rings. The highest BCUT2D eigenvalue weighted by atomic mass is 32.2. The van der Waals surface area contributed by atoms with Gasteiger partial charge in [-0.25, -0.2) is 18.0 Å². The number of fused-ring (bicyclic) bond motifs is 3. The highest BCUT2D eigenvalue weighted by molar-refractivity contribution is 7.91. The molecule has 0 radical (unpaired) electrons. The van der Waals surface area contributed by atoms with Gasteiger partial charge in [0.2, 0.25) is 21.8 Å². The lowest BCUT2D eigenvalue weighted by Crippen LogP contribution is -2.58. The minimum atomic E-state index is -4.09. The van der Waals surface area contributed by atoms with Crippen LogP contribution in [-0.2, 0) is 47.0 Å². The normalized spacial score (nSPS) is 28.2. The average molecular weight is 754 g/mol. The van der Waals surface area contributed by atoms with Gasteiger partial charge in [0, 0.05) is 25.4 Å². The highest BCUT2D eigenvalue weighted by Gasteiger charge is 2.63. The van der Waals surface area contributed by atoms with Crippen LogP contribution >= 0.6 is 0 Å². The number of carbonyl (C=O) groups excluding carboxylic acids is 5. The summed E-state index contributed by atoms with van der Waals surface area (Å²) in [5.41, 5.74) is -0.378. The summed E-state index contributed by atoms with van der Waals surface area (Å²) in [4.78, 5) is 71.8. The van der Waals surface area contributed by atoms with Gasteiger partial charge in [-0.3, -0.25) is 24.0 Å². The number of hydrogen-bond acceptors (Lipinski definition) is 9. The maximum atomic E-state index is 14.4. The number of hydrogen-bond donors (Lipinski definition) is 3. The number of nitrogens with one attached hydrogen (secondary N) is 3. The Labute approximate surface area is 311 Å². The fraction of sp³-hybridized carbons (Fsp3) is 0.605. The maximum Gasteiger partial charge on any atom is 0.410 e. The SMILES string of the molecule is C=CCC1(S(=O)(=O)NC(=O)[C@@]23C[C@H]2C=CCCCCC[C@H](NC(=O)OC(C)(C)C)C(=O)N2C[C@H](OC(=O)N4Cc5ccccc5C4)C[C@H]2C(=O)N3)CC1. The van der Waals surface area contributed by atoms with Gasteiger partial charge >= 0.3 is 12.2 Å². The molecule has 0 bridgehead atoms. The molecule has 3 aliphatic heterocycles. The zero-order valence-corrected chi connectivity index (χ0v) is 31.5. The predicted octanol–water partition coefficient (Wildman–Crippen LogP) is 3.95. The van der Waals surface area contributed by atoms with E-state index in [1.165, 1.54) is 11.0 Å². The van der Waals surface area contributed by atoms with Crippen molar-refractivity contribution in [3.05, 3.63) is 60.2 Å². The molecule has 5 atom stereocenters. The Morgan fingerprint density at radius 3 is 2.42 bits per heavy atom. The molecule has 0 aromatic heterocycles. The van der Waals surface area contributed by atoms with E-state index in [1.54, 1.807) is 25.7 Å². The minimum absolute atomic E-state index is 0.0673. The molecule has 1 aromatic carbocycles. The number of nitrogens with zero attached hydrogens (tertiary/aromatic N) is 2. The van der Waals surface area contributed by atoms with E-state index in [-0.39, 0.29) is 32.2 Å². The smallest absolute Gasteiger partial charge is 0.410 e. The van der Waals surface area contributed by atoms with E-state index in [1.807, 2.05) is 36.4 Å². The molecule has 1 saturated heterocycles. The van der Waals surface area contributed by atoms with Crippen LogP contribution in [0.3, 0.4) is 0 Å². The van der Waals surface area contributed by atoms with E-state index < -0.39 is 79.9 Å². The van der Waals surface area contributed by atoms with Crippen LogP contribution in [0.5, 0.6) is 0 Å². The minimum Gasteiger partial charge on any atom is -0.444 e. The largest absolute Gasteiger partial charge is 0.444 e. The summed E-state index contributed by atoms with van der Waals surface area (Å²) in [5.74, 6) is -2.55. The molecule has 14 nitrogen and oxygen atoms in total. The van der Waals surface area contributed by atoms with Crippen molar-refractivity contribution in [3.63, 3.8) is 0 Å². The molecule has 3 heterocycles. The second kappa shape index (κ2) is 14.8. The molecule has 2 saturated carbocycles. The third-order valence-electron chi connectivity index (χ3n) is 10.8. The highest BCUT2D eigenvalue weighted by Crippen LogP contribution is 2.49. The van der Waals surface area contributed by atoms with Gasteiger partial charge in [-0.2, -0.15) is 0 Å². The molecule has 288 valence electrons. The number of rotatable bonds is 7. The van der Waals surface area contributed by atoms with Gasteiger partial charge in [0.15, 0.2) is 0 Å². The third-order valence-corrected chi connectivity index (χ3v) is 13.0. The van der Waals surface area contributed by atoms with Crippen molar-refractivity contribution in [2.45, 2.75) is 132 Å². The van der Waals surface area contributed by atoms with Crippen molar-refractivity contribution < 1.29 is 41.9 Å². The Kier molecular flexibility index (Phi) is 10.7. The summed E-state index contributed by atoms with van der Waals surface area (Å²) < 4.78 is 39.3. The molecule has 6 rings (SSSR count). The van der Waals surface area contributed by atoms with E-state index in [9.17, 15) is 32.4 Å². The van der Waals surface area contributed by atoms with E-state index in [2.05, 4.69) is 21.9 Å². The molecular weight excluding hydrogens is 703 g/mol. The molecule has 2 aliphatic carbocycles. The lowest BCUT2D eigenvalue weighted by molar-refractivity contribution is -0.141. The Balaban J connectivity index is 1.26. The summed E-state index contributed by atoms with van der Waals surface area (Å²) in [6.45, 7) is 9.40. The summed E-state index contributed by atoms with van der Waals surface area (Å²) in [6.07, 6.45) is 7.18. The fourth-order valence-corrected chi connectivity index (χ4v) is 9.22. The van der Waals surface area contributed by atoms with Crippen LogP contribution in [0.4, 0.5) is 9.59 Å². The fourth-order valence-electron chi connectivity index (χ4n) is 7.60. The summed E-state index contributed by atoms with van der Waals surface area (Å²) in [7, 11) is -4.09. The topological polar surface area (TPSA) is 181 Å². The van der Waals surface area contributed by atoms with E-state index >= 15 is 0 Å². The Bertz CT molecular complexity index is 1760. The van der Waals surface area contributed by atoms with Crippen molar-refractivity contribution >= 4 is 39.9 Å². The van der Waals surface area contributed by atoms with Crippen molar-refractivity contribution in [2.75, 3.05) is 6.54 Å². The average Bonchev–Trinajstić information content (AvgIpc) is 3.91. The van der Waals surface area contributed by atoms with Crippen LogP contribution in [0.25, 0.3) is 0 Å². The standard InChI is InChI=1S/C38H51N5O9S/c1-5-17-37(18-19-37)53(49,50)41-33(46)38-21-27(38)15-9-7-6-8-10-16-29(39-34(47)52-36(2,3)4)32(45)43-24-28(20-30(43)31(44)40-38)51-35(48)42-22-25-13-11-12-14-26(25)23-42/h5,9,11-15,27-30H,1,6-8,10,16-24H2,2-4H3,(H,39,47)(H,40,44)(H,41,46)/t27-,28-,29+,30+,38-/m1/s1. The molecule has 15 heteroatoms. The summed E-state index contributed by atoms with van der Waals surface area (Å²) in [6, 6.07) is 5.45. The van der Waals surface area contributed by atoms with Gasteiger partial charge in [0.05, 0.1) is 11.3 Å². The first kappa shape index (κ1) is 38.3. The van der Waals surface area contributed by atoms with Crippen molar-refractivity contribution in [3.8, 4) is 0 Å². The van der Waals surface area contributed by atoms with E-state index in [4.69, 9.17) is 9.47 Å². The number of sulfonamides is 1. The van der Waals surface area contributed by atoms with Gasteiger partial charge in [-0.15, -0.1) is 6.58 Å². The first-order valence-corrected chi connectivity index (χ1v) is 20.0. The maximum absolute atomic E-state index is 14.4. The Hall–Kier alpha value is -4.40. The molecule has 0 unspecified atom stereocenters. The number of allylic oxidation sites excluding steroid dienone is 2. The van der Waals surface area contributed by atoms with Crippen LogP contribution in [0.1, 0.15) is 96.1 Å². The monoisotopic (exact) mass is 753 g/mol. The van der Waals surface area contributed by atoms with Gasteiger partial charge in [0.1, 0.15) is 29.3 Å². The van der Waals surface area contributed by atoms with Crippen molar-refractivity contribution in [2.24, 2.45) is 5.92 Å². The molecule has 5 amide bonds. The van der Waals surface area contributed by atoms with E-state index in [0.717, 1.165) is 24.0 Å². The van der Waals surface area contributed by atoms with Crippen LogP contribution in [0.15, 0.2) is 49.1 Å². The van der Waals surface area contributed by atoms with Crippen molar-refractivity contribution in [1.82, 2.24) is 25.2 Å². The molecule has 3 N–H and O–H groups in total. The number of carbonyl (C=O) groups is 5. The predicted molar refractivity (Wildman–Crippen MR) is 194 cm³/mol. The molecule has 1 aromatic rings. The number of benzene rings is 1. The Morgan fingerprint density at radius 2 is 1.77 bits per heavy atom. The molecule has 53 heavy (non-hydrogen) atoms. The number of amides is 5. The zero-order chi connectivity index (χ0) is 38.2. The van der Waals surface area contributed by atoms with Crippen LogP contribution < -0.4 is 15.4 Å². The van der Waals surface area contributed by atoms with Crippen LogP contribution in [0.2, 0.25) is 0 Å². The lowest BCUT2D eigenvalue weighted by Gasteiger charge is -2.30. The number of ether oxygens (including phenoxy) is 2. The first-order chi connectivity index (χ1) is 25.1. The quantitative estimate of drug-likeness (QED) is 0.348. The Morgan fingerprint density at radius 1 is 1.08 bits per heavy atom. The van der Waals surface area contributed by atoms with Crippen molar-refractivity contribution in [1.29, 1.82) is 0 Å². The number of alkyl carbamates (subject to hydrolysis) is 1. The van der Waals surface area contributed by atoms with Gasteiger partial charge in [-0.1, -0.05) is 55.3 Å².